The fourth-order valence-corrected chi connectivity index (χ4v) is 8.35. The summed E-state index contributed by atoms with van der Waals surface area (Å²) in [6.45, 7) is 9.14. The third-order valence-corrected chi connectivity index (χ3v) is 12.3. The fraction of sp³-hybridized carbons (Fsp3) is 0.706. The lowest BCUT2D eigenvalue weighted by atomic mass is 10.00. The average molecular weight is 1030 g/mol. The summed E-state index contributed by atoms with van der Waals surface area (Å²) in [5, 5.41) is 24.5. The minimum absolute atomic E-state index is 0.0230. The number of hydrogen-bond acceptors (Lipinski definition) is 13. The summed E-state index contributed by atoms with van der Waals surface area (Å²) >= 11 is 0. The first-order chi connectivity index (χ1) is 34.9. The number of benzene rings is 1. The molecule has 1 aromatic rings. The molecule has 1 heterocycles. The lowest BCUT2D eigenvalue weighted by Crippen LogP contribution is -2.61. The summed E-state index contributed by atoms with van der Waals surface area (Å²) in [7, 11) is 0. The largest absolute Gasteiger partial charge is 0.354 e. The van der Waals surface area contributed by atoms with Crippen molar-refractivity contribution in [2.24, 2.45) is 34.8 Å². The zero-order valence-corrected chi connectivity index (χ0v) is 44.0. The van der Waals surface area contributed by atoms with Crippen molar-refractivity contribution >= 4 is 53.2 Å². The Hall–Kier alpha value is -5.71. The molecule has 73 heavy (non-hydrogen) atoms. The van der Waals surface area contributed by atoms with Gasteiger partial charge in [0.2, 0.25) is 53.2 Å². The molecule has 17 N–H and O–H groups in total. The highest BCUT2D eigenvalue weighted by Gasteiger charge is 2.35. The third-order valence-electron chi connectivity index (χ3n) is 12.3. The SMILES string of the molecule is CCCCCCCCCC(=O)N[C@@H](CCN)C(=O)N[C@H]1CCNC(=O)[C@H](CC(C)C)NC(=O)[C@H](CCN)NC(=O)[C@H](CCN)NC(=O)[C@H](CC(C)C)NC(=O)[C@@H](Cc2ccccc2)NC(=O)[C@H](CCN)NC1=O. The van der Waals surface area contributed by atoms with Crippen molar-refractivity contribution in [2.75, 3.05) is 32.7 Å². The number of nitrogens with one attached hydrogen (secondary N) is 9. The molecule has 1 aromatic carbocycles. The van der Waals surface area contributed by atoms with Crippen molar-refractivity contribution in [1.29, 1.82) is 0 Å². The van der Waals surface area contributed by atoms with E-state index >= 15 is 0 Å². The third kappa shape index (κ3) is 24.7. The number of carbonyl (C=O) groups is 9. The van der Waals surface area contributed by atoms with Crippen molar-refractivity contribution in [2.45, 2.75) is 186 Å². The van der Waals surface area contributed by atoms with Crippen LogP contribution in [0.5, 0.6) is 0 Å². The Bertz CT molecular complexity index is 1890. The first-order valence-corrected chi connectivity index (χ1v) is 26.4. The van der Waals surface area contributed by atoms with E-state index in [-0.39, 0.29) is 108 Å². The van der Waals surface area contributed by atoms with Crippen molar-refractivity contribution in [1.82, 2.24) is 47.9 Å². The molecule has 22 heteroatoms. The predicted molar refractivity (Wildman–Crippen MR) is 279 cm³/mol. The molecule has 1 saturated heterocycles. The predicted octanol–water partition coefficient (Wildman–Crippen LogP) is -0.745. The molecule has 22 nitrogen and oxygen atoms in total. The van der Waals surface area contributed by atoms with Gasteiger partial charge in [0.15, 0.2) is 0 Å². The molecule has 1 aliphatic heterocycles. The number of unbranched alkanes of at least 4 members (excludes halogenated alkanes) is 6. The first-order valence-electron chi connectivity index (χ1n) is 26.4. The van der Waals surface area contributed by atoms with E-state index in [1.807, 2.05) is 27.7 Å². The Balaban J connectivity index is 2.67. The van der Waals surface area contributed by atoms with Crippen LogP contribution in [-0.4, -0.2) is 134 Å². The van der Waals surface area contributed by atoms with Crippen LogP contribution < -0.4 is 70.8 Å². The van der Waals surface area contributed by atoms with Gasteiger partial charge in [-0.3, -0.25) is 43.2 Å². The fourth-order valence-electron chi connectivity index (χ4n) is 8.35. The topological polar surface area (TPSA) is 366 Å². The van der Waals surface area contributed by atoms with Gasteiger partial charge in [-0.1, -0.05) is 103 Å². The summed E-state index contributed by atoms with van der Waals surface area (Å²) in [6, 6.07) is -1.23. The van der Waals surface area contributed by atoms with Crippen molar-refractivity contribution in [3.63, 3.8) is 0 Å². The van der Waals surface area contributed by atoms with Gasteiger partial charge >= 0.3 is 0 Å². The van der Waals surface area contributed by atoms with E-state index in [9.17, 15) is 43.2 Å². The van der Waals surface area contributed by atoms with E-state index in [1.54, 1.807) is 30.3 Å². The average Bonchev–Trinajstić information content (AvgIpc) is 3.34. The highest BCUT2D eigenvalue weighted by atomic mass is 16.2. The molecule has 2 rings (SSSR count). The van der Waals surface area contributed by atoms with Gasteiger partial charge in [-0.15, -0.1) is 0 Å². The van der Waals surface area contributed by atoms with E-state index in [1.165, 1.54) is 0 Å². The second kappa shape index (κ2) is 35.4. The van der Waals surface area contributed by atoms with Crippen LogP contribution in [0.25, 0.3) is 0 Å². The standard InChI is InChI=1S/C51H89N13O9/c1-6-7-8-9-10-11-15-18-43(65)57-35(19-24-52)45(67)61-39-23-28-56-44(66)40(29-32(2)3)62-47(69)37(21-26-54)58-46(68)36(20-25-53)60-50(72)41(30-33(4)5)63-51(73)42(31-34-16-13-12-14-17-34)64-48(70)38(22-27-55)59-49(39)71/h12-14,16-17,32-33,35-42H,6-11,15,18-31,52-55H2,1-5H3,(H,56,66)(H,57,65)(H,58,68)(H,59,71)(H,60,72)(H,61,67)(H,62,69)(H,63,73)(H,64,70)/t35-,36-,37-,38-,39-,40-,41-,42+/m0/s1. The van der Waals surface area contributed by atoms with Gasteiger partial charge in [0.25, 0.3) is 0 Å². The van der Waals surface area contributed by atoms with E-state index in [4.69, 9.17) is 22.9 Å². The van der Waals surface area contributed by atoms with Gasteiger partial charge < -0.3 is 70.8 Å². The molecule has 1 aliphatic rings. The van der Waals surface area contributed by atoms with Crippen LogP contribution in [0.3, 0.4) is 0 Å². The quantitative estimate of drug-likeness (QED) is 0.0538. The molecule has 412 valence electrons. The summed E-state index contributed by atoms with van der Waals surface area (Å²) in [4.78, 5) is 126. The molecule has 0 radical (unpaired) electrons. The zero-order valence-electron chi connectivity index (χ0n) is 44.0. The summed E-state index contributed by atoms with van der Waals surface area (Å²) in [5.41, 5.74) is 24.3. The molecular formula is C51H89N13O9. The lowest BCUT2D eigenvalue weighted by Gasteiger charge is -2.28. The molecule has 0 aromatic heterocycles. The van der Waals surface area contributed by atoms with Crippen molar-refractivity contribution in [3.05, 3.63) is 35.9 Å². The molecule has 0 bridgehead atoms. The van der Waals surface area contributed by atoms with Crippen LogP contribution >= 0.6 is 0 Å². The van der Waals surface area contributed by atoms with Crippen molar-refractivity contribution in [3.8, 4) is 0 Å². The van der Waals surface area contributed by atoms with Crippen LogP contribution in [0, 0.1) is 11.8 Å². The molecule has 0 saturated carbocycles. The van der Waals surface area contributed by atoms with E-state index in [0.717, 1.165) is 38.5 Å². The maximum absolute atomic E-state index is 14.4. The van der Waals surface area contributed by atoms with Gasteiger partial charge in [0.05, 0.1) is 0 Å². The van der Waals surface area contributed by atoms with E-state index in [2.05, 4.69) is 54.8 Å². The number of amides is 9. The summed E-state index contributed by atoms with van der Waals surface area (Å²) < 4.78 is 0. The van der Waals surface area contributed by atoms with Gasteiger partial charge in [-0.05, 0) is 94.9 Å². The zero-order chi connectivity index (χ0) is 54.3. The Morgan fingerprint density at radius 1 is 0.562 bits per heavy atom. The molecule has 0 aliphatic carbocycles. The number of carbonyl (C=O) groups excluding carboxylic acids is 9. The van der Waals surface area contributed by atoms with Crippen LogP contribution in [0.4, 0.5) is 0 Å². The van der Waals surface area contributed by atoms with Crippen LogP contribution in [-0.2, 0) is 49.6 Å². The Kier molecular flexibility index (Phi) is 30.8. The lowest BCUT2D eigenvalue weighted by molar-refractivity contribution is -0.136. The highest BCUT2D eigenvalue weighted by Crippen LogP contribution is 2.13. The monoisotopic (exact) mass is 1030 g/mol. The number of rotatable bonds is 25. The second-order valence-electron chi connectivity index (χ2n) is 19.8. The number of nitrogens with two attached hydrogens (primary N) is 4. The number of hydrogen-bond donors (Lipinski definition) is 13. The van der Waals surface area contributed by atoms with E-state index in [0.29, 0.717) is 12.0 Å². The normalized spacial score (nSPS) is 22.7. The molecule has 1 fully saturated rings. The van der Waals surface area contributed by atoms with Gasteiger partial charge in [0.1, 0.15) is 48.3 Å². The van der Waals surface area contributed by atoms with Crippen LogP contribution in [0.1, 0.15) is 136 Å². The van der Waals surface area contributed by atoms with Gasteiger partial charge in [0, 0.05) is 19.4 Å². The molecule has 0 unspecified atom stereocenters. The Morgan fingerprint density at radius 2 is 1.00 bits per heavy atom. The van der Waals surface area contributed by atoms with Crippen LogP contribution in [0.2, 0.25) is 0 Å². The maximum Gasteiger partial charge on any atom is 0.243 e. The Labute approximate surface area is 432 Å². The minimum Gasteiger partial charge on any atom is -0.354 e. The van der Waals surface area contributed by atoms with E-state index < -0.39 is 95.6 Å². The Morgan fingerprint density at radius 3 is 1.49 bits per heavy atom. The summed E-state index contributed by atoms with van der Waals surface area (Å²) in [6.07, 6.45) is 7.01. The minimum atomic E-state index is -1.41. The second-order valence-corrected chi connectivity index (χ2v) is 19.8. The summed E-state index contributed by atoms with van der Waals surface area (Å²) in [5.74, 6) is -6.56. The van der Waals surface area contributed by atoms with Gasteiger partial charge in [-0.2, -0.15) is 0 Å². The molecule has 8 atom stereocenters. The maximum atomic E-state index is 14.4. The van der Waals surface area contributed by atoms with Crippen molar-refractivity contribution < 1.29 is 43.2 Å². The first kappa shape index (κ1) is 63.4. The highest BCUT2D eigenvalue weighted by molar-refractivity contribution is 5.98. The van der Waals surface area contributed by atoms with Gasteiger partial charge in [-0.25, -0.2) is 0 Å². The molecule has 0 spiro atoms. The molecule has 9 amide bonds. The van der Waals surface area contributed by atoms with Crippen LogP contribution in [0.15, 0.2) is 30.3 Å². The smallest absolute Gasteiger partial charge is 0.243 e. The molecular weight excluding hydrogens is 939 g/mol.